The largest absolute Gasteiger partial charge is 0.465 e. The van der Waals surface area contributed by atoms with Gasteiger partial charge in [-0.1, -0.05) is 19.3 Å². The number of nitrogens with zero attached hydrogens (tertiary/aromatic N) is 3. The minimum Gasteiger partial charge on any atom is -0.465 e. The molecule has 0 aliphatic heterocycles. The quantitative estimate of drug-likeness (QED) is 0.773. The normalized spacial score (nSPS) is 17.2. The van der Waals surface area contributed by atoms with Crippen LogP contribution >= 0.6 is 0 Å². The molecule has 0 radical (unpaired) electrons. The number of likely N-dealkylation sites (N-methyl/N-ethyl adjacent to an activating group) is 1. The molecule has 6 nitrogen and oxygen atoms in total. The van der Waals surface area contributed by atoms with Crippen LogP contribution < -0.4 is 0 Å². The van der Waals surface area contributed by atoms with E-state index >= 15 is 0 Å². The fourth-order valence-corrected chi connectivity index (χ4v) is 3.81. The van der Waals surface area contributed by atoms with Gasteiger partial charge in [0.25, 0.3) is 0 Å². The van der Waals surface area contributed by atoms with E-state index in [1.807, 2.05) is 32.5 Å². The molecule has 0 atom stereocenters. The monoisotopic (exact) mass is 337 g/mol. The Bertz CT molecular complexity index is 562. The van der Waals surface area contributed by atoms with Crippen molar-refractivity contribution in [1.82, 2.24) is 14.7 Å². The summed E-state index contributed by atoms with van der Waals surface area (Å²) in [6.45, 7) is 7.53. The highest BCUT2D eigenvalue weighted by molar-refractivity contribution is 5.81. The summed E-state index contributed by atoms with van der Waals surface area (Å²) in [5.74, 6) is -0.0924. The van der Waals surface area contributed by atoms with Gasteiger partial charge in [-0.15, -0.1) is 0 Å². The summed E-state index contributed by atoms with van der Waals surface area (Å²) in [5.41, 5.74) is 2.64. The van der Waals surface area contributed by atoms with Crippen LogP contribution in [0.4, 0.5) is 0 Å². The van der Waals surface area contributed by atoms with Crippen molar-refractivity contribution < 1.29 is 14.6 Å². The molecule has 0 aromatic carbocycles. The van der Waals surface area contributed by atoms with Gasteiger partial charge in [0.15, 0.2) is 0 Å². The summed E-state index contributed by atoms with van der Waals surface area (Å²) >= 11 is 0. The molecule has 136 valence electrons. The van der Waals surface area contributed by atoms with Crippen LogP contribution in [-0.2, 0) is 22.6 Å². The summed E-state index contributed by atoms with van der Waals surface area (Å²) in [4.78, 5) is 14.9. The molecular weight excluding hydrogens is 306 g/mol. The predicted molar refractivity (Wildman–Crippen MR) is 92.7 cm³/mol. The number of carbonyl (C=O) groups excluding carboxylic acids is 1. The number of hydrogen-bond donors (Lipinski definition) is 1. The summed E-state index contributed by atoms with van der Waals surface area (Å²) < 4.78 is 7.26. The number of aliphatic hydroxyl groups is 1. The molecule has 1 heterocycles. The van der Waals surface area contributed by atoms with Gasteiger partial charge < -0.3 is 9.84 Å². The summed E-state index contributed by atoms with van der Waals surface area (Å²) in [7, 11) is 2.02. The zero-order valence-electron chi connectivity index (χ0n) is 15.5. The van der Waals surface area contributed by atoms with Crippen LogP contribution in [-0.4, -0.2) is 51.6 Å². The zero-order valence-corrected chi connectivity index (χ0v) is 15.5. The summed E-state index contributed by atoms with van der Waals surface area (Å²) in [6, 6.07) is 0. The molecule has 0 saturated heterocycles. The maximum atomic E-state index is 12.7. The third kappa shape index (κ3) is 3.64. The molecule has 24 heavy (non-hydrogen) atoms. The first-order valence-electron chi connectivity index (χ1n) is 8.98. The Kier molecular flexibility index (Phi) is 6.40. The lowest BCUT2D eigenvalue weighted by Gasteiger charge is -2.42. The van der Waals surface area contributed by atoms with Crippen LogP contribution in [0.3, 0.4) is 0 Å². The van der Waals surface area contributed by atoms with E-state index in [1.54, 1.807) is 0 Å². The Labute approximate surface area is 144 Å². The van der Waals surface area contributed by atoms with Crippen molar-refractivity contribution in [3.8, 4) is 0 Å². The van der Waals surface area contributed by atoms with E-state index < -0.39 is 5.54 Å². The fourth-order valence-electron chi connectivity index (χ4n) is 3.81. The molecule has 1 aromatic heterocycles. The van der Waals surface area contributed by atoms with E-state index in [-0.39, 0.29) is 12.6 Å². The molecule has 6 heteroatoms. The van der Waals surface area contributed by atoms with Crippen LogP contribution in [0.25, 0.3) is 0 Å². The number of ether oxygens (including phenoxy) is 1. The van der Waals surface area contributed by atoms with Crippen molar-refractivity contribution in [3.05, 3.63) is 17.0 Å². The van der Waals surface area contributed by atoms with E-state index in [0.717, 1.165) is 42.6 Å². The van der Waals surface area contributed by atoms with Crippen molar-refractivity contribution in [1.29, 1.82) is 0 Å². The average Bonchev–Trinajstić information content (AvgIpc) is 2.83. The van der Waals surface area contributed by atoms with Crippen molar-refractivity contribution >= 4 is 5.97 Å². The molecule has 1 aliphatic carbocycles. The molecule has 1 fully saturated rings. The minimum atomic E-state index is -0.522. The van der Waals surface area contributed by atoms with Gasteiger partial charge in [-0.3, -0.25) is 14.4 Å². The molecule has 1 N–H and O–H groups in total. The van der Waals surface area contributed by atoms with Crippen molar-refractivity contribution in [2.45, 2.75) is 71.5 Å². The first-order chi connectivity index (χ1) is 11.5. The van der Waals surface area contributed by atoms with E-state index in [4.69, 9.17) is 4.74 Å². The van der Waals surface area contributed by atoms with Gasteiger partial charge in [0, 0.05) is 17.8 Å². The van der Waals surface area contributed by atoms with Crippen LogP contribution in [0.5, 0.6) is 0 Å². The second kappa shape index (κ2) is 8.12. The molecule has 2 rings (SSSR count). The van der Waals surface area contributed by atoms with Gasteiger partial charge in [-0.25, -0.2) is 0 Å². The van der Waals surface area contributed by atoms with Gasteiger partial charge in [-0.05, 0) is 40.7 Å². The van der Waals surface area contributed by atoms with E-state index in [2.05, 4.69) is 10.00 Å². The second-order valence-corrected chi connectivity index (χ2v) is 6.76. The molecule has 1 aliphatic rings. The van der Waals surface area contributed by atoms with Crippen molar-refractivity contribution in [2.75, 3.05) is 20.3 Å². The van der Waals surface area contributed by atoms with Gasteiger partial charge in [0.2, 0.25) is 0 Å². The first kappa shape index (κ1) is 18.9. The molecular formula is C18H31N3O3. The number of rotatable bonds is 7. The van der Waals surface area contributed by atoms with Crippen molar-refractivity contribution in [2.24, 2.45) is 0 Å². The van der Waals surface area contributed by atoms with Crippen LogP contribution in [0.15, 0.2) is 0 Å². The van der Waals surface area contributed by atoms with Gasteiger partial charge in [0.1, 0.15) is 5.54 Å². The molecule has 0 bridgehead atoms. The van der Waals surface area contributed by atoms with Gasteiger partial charge in [0.05, 0.1) is 25.5 Å². The third-order valence-electron chi connectivity index (χ3n) is 5.31. The van der Waals surface area contributed by atoms with Gasteiger partial charge in [-0.2, -0.15) is 5.10 Å². The molecule has 1 saturated carbocycles. The Balaban J connectivity index is 2.25. The average molecular weight is 337 g/mol. The van der Waals surface area contributed by atoms with Crippen LogP contribution in [0.2, 0.25) is 0 Å². The highest BCUT2D eigenvalue weighted by Gasteiger charge is 2.44. The summed E-state index contributed by atoms with van der Waals surface area (Å²) in [6.07, 6.45) is 5.01. The third-order valence-corrected chi connectivity index (χ3v) is 5.31. The topological polar surface area (TPSA) is 67.6 Å². The van der Waals surface area contributed by atoms with Gasteiger partial charge >= 0.3 is 5.97 Å². The zero-order chi connectivity index (χ0) is 17.7. The van der Waals surface area contributed by atoms with Crippen LogP contribution in [0, 0.1) is 13.8 Å². The maximum absolute atomic E-state index is 12.7. The molecule has 0 amide bonds. The standard InChI is InChI=1S/C18H31N3O3/c1-5-24-17(23)18(9-7-6-8-10-18)20(4)13-16-14(2)19-21(11-12-22)15(16)3/h22H,5-13H2,1-4H3. The minimum absolute atomic E-state index is 0.0734. The van der Waals surface area contributed by atoms with E-state index in [0.29, 0.717) is 19.7 Å². The molecule has 0 spiro atoms. The Morgan fingerprint density at radius 3 is 2.58 bits per heavy atom. The second-order valence-electron chi connectivity index (χ2n) is 6.76. The Hall–Kier alpha value is -1.40. The lowest BCUT2D eigenvalue weighted by Crippen LogP contribution is -2.54. The number of carbonyl (C=O) groups is 1. The van der Waals surface area contributed by atoms with Crippen LogP contribution in [0.1, 0.15) is 56.0 Å². The maximum Gasteiger partial charge on any atom is 0.326 e. The van der Waals surface area contributed by atoms with E-state index in [1.165, 1.54) is 6.42 Å². The van der Waals surface area contributed by atoms with E-state index in [9.17, 15) is 9.90 Å². The summed E-state index contributed by atoms with van der Waals surface area (Å²) in [5, 5.41) is 13.7. The number of aliphatic hydroxyl groups excluding tert-OH is 1. The number of aryl methyl sites for hydroxylation is 1. The SMILES string of the molecule is CCOC(=O)C1(N(C)Cc2c(C)nn(CCO)c2C)CCCCC1. The lowest BCUT2D eigenvalue weighted by atomic mass is 9.80. The molecule has 0 unspecified atom stereocenters. The highest BCUT2D eigenvalue weighted by atomic mass is 16.5. The smallest absolute Gasteiger partial charge is 0.326 e. The Morgan fingerprint density at radius 2 is 2.00 bits per heavy atom. The Morgan fingerprint density at radius 1 is 1.33 bits per heavy atom. The van der Waals surface area contributed by atoms with Crippen molar-refractivity contribution in [3.63, 3.8) is 0 Å². The lowest BCUT2D eigenvalue weighted by molar-refractivity contribution is -0.160. The highest BCUT2D eigenvalue weighted by Crippen LogP contribution is 2.35. The predicted octanol–water partition coefficient (Wildman–Crippen LogP) is 2.19. The number of aromatic nitrogens is 2. The molecule has 1 aromatic rings. The fraction of sp³-hybridized carbons (Fsp3) is 0.778. The number of hydrogen-bond acceptors (Lipinski definition) is 5. The number of esters is 1. The first-order valence-corrected chi connectivity index (χ1v) is 8.98.